The van der Waals surface area contributed by atoms with Crippen LogP contribution < -0.4 is 10.6 Å². The maximum absolute atomic E-state index is 11.3. The Kier molecular flexibility index (Phi) is 5.90. The first-order chi connectivity index (χ1) is 5.97. The summed E-state index contributed by atoms with van der Waals surface area (Å²) in [6, 6.07) is -0.234. The Morgan fingerprint density at radius 2 is 2.00 bits per heavy atom. The molecule has 0 aromatic rings. The molecule has 78 valence electrons. The highest BCUT2D eigenvalue weighted by atomic mass is 32.2. The molecule has 0 saturated carbocycles. The van der Waals surface area contributed by atoms with Crippen molar-refractivity contribution in [3.05, 3.63) is 0 Å². The summed E-state index contributed by atoms with van der Waals surface area (Å²) in [5.41, 5.74) is 0. The largest absolute Gasteiger partial charge is 0.351 e. The van der Waals surface area contributed by atoms with E-state index in [0.717, 1.165) is 0 Å². The first-order valence-corrected chi connectivity index (χ1v) is 5.97. The average Bonchev–Trinajstić information content (AvgIpc) is 2.01. The van der Waals surface area contributed by atoms with Crippen LogP contribution in [0, 0.1) is 0 Å². The van der Waals surface area contributed by atoms with Crippen molar-refractivity contribution in [1.82, 2.24) is 10.6 Å². The van der Waals surface area contributed by atoms with Crippen LogP contribution in [0.4, 0.5) is 0 Å². The number of nitrogens with one attached hydrogen (secondary N) is 2. The van der Waals surface area contributed by atoms with Crippen LogP contribution in [0.15, 0.2) is 0 Å². The minimum Gasteiger partial charge on any atom is -0.351 e. The van der Waals surface area contributed by atoms with E-state index in [1.165, 1.54) is 0 Å². The quantitative estimate of drug-likeness (QED) is 0.636. The molecule has 0 aliphatic rings. The van der Waals surface area contributed by atoms with E-state index in [-0.39, 0.29) is 18.0 Å². The van der Waals surface area contributed by atoms with Crippen molar-refractivity contribution in [2.45, 2.75) is 25.9 Å². The van der Waals surface area contributed by atoms with E-state index in [1.807, 2.05) is 6.92 Å². The van der Waals surface area contributed by atoms with Crippen LogP contribution in [0.1, 0.15) is 13.8 Å². The molecule has 13 heavy (non-hydrogen) atoms. The second kappa shape index (κ2) is 6.10. The van der Waals surface area contributed by atoms with Crippen LogP contribution in [0.2, 0.25) is 0 Å². The van der Waals surface area contributed by atoms with Crippen molar-refractivity contribution in [3.63, 3.8) is 0 Å². The monoisotopic (exact) mass is 206 g/mol. The van der Waals surface area contributed by atoms with Crippen LogP contribution in [0.5, 0.6) is 0 Å². The molecule has 0 aliphatic heterocycles. The second-order valence-corrected chi connectivity index (χ2v) is 4.64. The smallest absolute Gasteiger partial charge is 0.237 e. The van der Waals surface area contributed by atoms with Gasteiger partial charge in [0.05, 0.1) is 6.04 Å². The van der Waals surface area contributed by atoms with Gasteiger partial charge in [0.15, 0.2) is 0 Å². The Balaban J connectivity index is 3.84. The van der Waals surface area contributed by atoms with Gasteiger partial charge in [0.2, 0.25) is 5.91 Å². The summed E-state index contributed by atoms with van der Waals surface area (Å²) >= 11 is 0. The van der Waals surface area contributed by atoms with E-state index in [2.05, 4.69) is 10.6 Å². The maximum Gasteiger partial charge on any atom is 0.237 e. The molecule has 0 fully saturated rings. The fourth-order valence-electron chi connectivity index (χ4n) is 0.893. The number of carbonyl (C=O) groups is 1. The van der Waals surface area contributed by atoms with Crippen LogP contribution in [0.25, 0.3) is 0 Å². The van der Waals surface area contributed by atoms with Crippen molar-refractivity contribution in [2.75, 3.05) is 19.1 Å². The summed E-state index contributed by atoms with van der Waals surface area (Å²) in [7, 11) is 0.867. The third-order valence-corrected chi connectivity index (χ3v) is 2.67. The van der Waals surface area contributed by atoms with Gasteiger partial charge >= 0.3 is 0 Å². The third kappa shape index (κ3) is 5.76. The summed E-state index contributed by atoms with van der Waals surface area (Å²) in [6.07, 6.45) is 1.63. The van der Waals surface area contributed by atoms with E-state index in [0.29, 0.717) is 5.75 Å². The molecule has 0 aliphatic carbocycles. The molecule has 0 spiro atoms. The van der Waals surface area contributed by atoms with Gasteiger partial charge in [-0.05, 0) is 20.9 Å². The van der Waals surface area contributed by atoms with Crippen molar-refractivity contribution in [2.24, 2.45) is 0 Å². The molecule has 0 bridgehead atoms. The minimum absolute atomic E-state index is 0.0332. The van der Waals surface area contributed by atoms with Crippen LogP contribution in [-0.2, 0) is 15.6 Å². The van der Waals surface area contributed by atoms with Gasteiger partial charge < -0.3 is 10.6 Å². The molecule has 0 aromatic heterocycles. The summed E-state index contributed by atoms with van der Waals surface area (Å²) < 4.78 is 10.8. The Labute approximate surface area is 81.9 Å². The standard InChI is InChI=1S/C8H18N2O2S/c1-6(5-13(4)12)10-8(11)7(2)9-3/h6-7,9H,5H2,1-4H3,(H,10,11). The maximum atomic E-state index is 11.3. The van der Waals surface area contributed by atoms with Gasteiger partial charge in [-0.2, -0.15) is 0 Å². The normalized spacial score (nSPS) is 17.5. The van der Waals surface area contributed by atoms with Crippen molar-refractivity contribution in [1.29, 1.82) is 0 Å². The number of hydrogen-bond acceptors (Lipinski definition) is 3. The molecule has 0 heterocycles. The lowest BCUT2D eigenvalue weighted by Crippen LogP contribution is -2.45. The van der Waals surface area contributed by atoms with Crippen LogP contribution >= 0.6 is 0 Å². The van der Waals surface area contributed by atoms with E-state index >= 15 is 0 Å². The van der Waals surface area contributed by atoms with Crippen molar-refractivity contribution < 1.29 is 9.00 Å². The summed E-state index contributed by atoms with van der Waals surface area (Å²) in [5.74, 6) is 0.447. The molecule has 0 aromatic carbocycles. The van der Waals surface area contributed by atoms with Gasteiger partial charge in [0.25, 0.3) is 0 Å². The molecular weight excluding hydrogens is 188 g/mol. The molecule has 3 unspecified atom stereocenters. The Bertz CT molecular complexity index is 197. The molecule has 5 heteroatoms. The molecule has 1 amide bonds. The summed E-state index contributed by atoms with van der Waals surface area (Å²) in [5, 5.41) is 5.60. The molecule has 0 saturated heterocycles. The molecule has 0 radical (unpaired) electrons. The third-order valence-electron chi connectivity index (χ3n) is 1.70. The number of carbonyl (C=O) groups excluding carboxylic acids is 1. The Morgan fingerprint density at radius 1 is 1.46 bits per heavy atom. The lowest BCUT2D eigenvalue weighted by molar-refractivity contribution is -0.123. The van der Waals surface area contributed by atoms with E-state index in [9.17, 15) is 9.00 Å². The zero-order valence-electron chi connectivity index (χ0n) is 8.59. The highest BCUT2D eigenvalue weighted by Crippen LogP contribution is 1.88. The first kappa shape index (κ1) is 12.6. The van der Waals surface area contributed by atoms with E-state index in [1.54, 1.807) is 20.2 Å². The first-order valence-electron chi connectivity index (χ1n) is 4.25. The molecule has 2 N–H and O–H groups in total. The fourth-order valence-corrected chi connectivity index (χ4v) is 1.68. The lowest BCUT2D eigenvalue weighted by atomic mass is 10.3. The average molecular weight is 206 g/mol. The predicted octanol–water partition coefficient (Wildman–Crippen LogP) is -0.522. The fraction of sp³-hybridized carbons (Fsp3) is 0.875. The van der Waals surface area contributed by atoms with Crippen molar-refractivity contribution in [3.8, 4) is 0 Å². The second-order valence-electron chi connectivity index (χ2n) is 3.16. The molecule has 3 atom stereocenters. The Morgan fingerprint density at radius 3 is 2.38 bits per heavy atom. The predicted molar refractivity (Wildman–Crippen MR) is 55.1 cm³/mol. The van der Waals surface area contributed by atoms with Gasteiger partial charge in [-0.25, -0.2) is 0 Å². The van der Waals surface area contributed by atoms with Gasteiger partial charge in [0, 0.05) is 28.9 Å². The lowest BCUT2D eigenvalue weighted by Gasteiger charge is -2.15. The Hall–Kier alpha value is -0.420. The minimum atomic E-state index is -0.862. The summed E-state index contributed by atoms with van der Waals surface area (Å²) in [4.78, 5) is 11.3. The molecule has 0 rings (SSSR count). The zero-order valence-corrected chi connectivity index (χ0v) is 9.40. The summed E-state index contributed by atoms with van der Waals surface area (Å²) in [6.45, 7) is 3.63. The number of amides is 1. The number of hydrogen-bond donors (Lipinski definition) is 2. The molecule has 4 nitrogen and oxygen atoms in total. The van der Waals surface area contributed by atoms with Crippen molar-refractivity contribution >= 4 is 16.7 Å². The zero-order chi connectivity index (χ0) is 10.4. The van der Waals surface area contributed by atoms with Crippen LogP contribution in [0.3, 0.4) is 0 Å². The highest BCUT2D eigenvalue weighted by molar-refractivity contribution is 7.84. The number of rotatable bonds is 5. The van der Waals surface area contributed by atoms with Gasteiger partial charge in [0.1, 0.15) is 0 Å². The topological polar surface area (TPSA) is 58.2 Å². The van der Waals surface area contributed by atoms with E-state index in [4.69, 9.17) is 0 Å². The van der Waals surface area contributed by atoms with Crippen LogP contribution in [-0.4, -0.2) is 41.3 Å². The molecular formula is C8H18N2O2S. The SMILES string of the molecule is CNC(C)C(=O)NC(C)CS(C)=O. The number of likely N-dealkylation sites (N-methyl/N-ethyl adjacent to an activating group) is 1. The highest BCUT2D eigenvalue weighted by Gasteiger charge is 2.13. The van der Waals surface area contributed by atoms with Gasteiger partial charge in [-0.15, -0.1) is 0 Å². The van der Waals surface area contributed by atoms with E-state index < -0.39 is 10.8 Å². The van der Waals surface area contributed by atoms with Gasteiger partial charge in [-0.3, -0.25) is 9.00 Å². The van der Waals surface area contributed by atoms with Gasteiger partial charge in [-0.1, -0.05) is 0 Å².